The molecule has 0 aliphatic heterocycles. The third-order valence-corrected chi connectivity index (χ3v) is 5.92. The highest BCUT2D eigenvalue weighted by atomic mass is 32.2. The van der Waals surface area contributed by atoms with Crippen molar-refractivity contribution in [1.82, 2.24) is 4.31 Å². The molecule has 0 bridgehead atoms. The maximum absolute atomic E-state index is 12.7. The van der Waals surface area contributed by atoms with Crippen LogP contribution in [0.4, 0.5) is 18.9 Å². The van der Waals surface area contributed by atoms with Crippen LogP contribution in [0.25, 0.3) is 0 Å². The molecule has 0 saturated heterocycles. The van der Waals surface area contributed by atoms with E-state index in [0.717, 1.165) is 35.5 Å². The number of rotatable bonds is 6. The van der Waals surface area contributed by atoms with Crippen molar-refractivity contribution in [3.05, 3.63) is 59.7 Å². The standard InChI is InChI=1S/C18H21F3N2O2S/c1-4-23(13-14-5-9-16(10-6-14)22(2)3)26(24,25)17-11-7-15(8-12-17)18(19,20)21/h5-12H,4,13H2,1-3H3. The smallest absolute Gasteiger partial charge is 0.378 e. The lowest BCUT2D eigenvalue weighted by Crippen LogP contribution is -2.30. The predicted octanol–water partition coefficient (Wildman–Crippen LogP) is 3.98. The van der Waals surface area contributed by atoms with Gasteiger partial charge in [0.25, 0.3) is 0 Å². The Bertz CT molecular complexity index is 830. The van der Waals surface area contributed by atoms with Crippen molar-refractivity contribution in [3.8, 4) is 0 Å². The molecule has 2 aromatic carbocycles. The van der Waals surface area contributed by atoms with Gasteiger partial charge in [-0.05, 0) is 42.0 Å². The maximum atomic E-state index is 12.7. The van der Waals surface area contributed by atoms with Crippen LogP contribution < -0.4 is 4.90 Å². The third kappa shape index (κ3) is 4.56. The molecular formula is C18H21F3N2O2S. The van der Waals surface area contributed by atoms with Crippen LogP contribution in [0.5, 0.6) is 0 Å². The summed E-state index contributed by atoms with van der Waals surface area (Å²) in [7, 11) is -0.0721. The first-order valence-corrected chi connectivity index (χ1v) is 9.43. The Morgan fingerprint density at radius 3 is 1.88 bits per heavy atom. The van der Waals surface area contributed by atoms with E-state index in [4.69, 9.17) is 0 Å². The first kappa shape index (κ1) is 20.3. The molecule has 0 unspecified atom stereocenters. The monoisotopic (exact) mass is 386 g/mol. The van der Waals surface area contributed by atoms with Crippen molar-refractivity contribution in [2.45, 2.75) is 24.5 Å². The van der Waals surface area contributed by atoms with E-state index >= 15 is 0 Å². The van der Waals surface area contributed by atoms with Gasteiger partial charge in [-0.3, -0.25) is 0 Å². The van der Waals surface area contributed by atoms with Gasteiger partial charge < -0.3 is 4.90 Å². The summed E-state index contributed by atoms with van der Waals surface area (Å²) in [4.78, 5) is 1.78. The van der Waals surface area contributed by atoms with E-state index in [1.54, 1.807) is 6.92 Å². The SMILES string of the molecule is CCN(Cc1ccc(N(C)C)cc1)S(=O)(=O)c1ccc(C(F)(F)F)cc1. The molecule has 0 heterocycles. The van der Waals surface area contributed by atoms with Crippen LogP contribution in [0.3, 0.4) is 0 Å². The summed E-state index contributed by atoms with van der Waals surface area (Å²) in [6, 6.07) is 11.0. The highest BCUT2D eigenvalue weighted by molar-refractivity contribution is 7.89. The molecule has 8 heteroatoms. The van der Waals surface area contributed by atoms with Gasteiger partial charge in [0.15, 0.2) is 0 Å². The van der Waals surface area contributed by atoms with Crippen LogP contribution in [0.15, 0.2) is 53.4 Å². The summed E-state index contributed by atoms with van der Waals surface area (Å²) in [5.74, 6) is 0. The van der Waals surface area contributed by atoms with Crippen LogP contribution in [-0.4, -0.2) is 33.4 Å². The summed E-state index contributed by atoms with van der Waals surface area (Å²) in [6.45, 7) is 2.04. The molecule has 0 fully saturated rings. The molecule has 2 aromatic rings. The molecule has 2 rings (SSSR count). The summed E-state index contributed by atoms with van der Waals surface area (Å²) >= 11 is 0. The average molecular weight is 386 g/mol. The molecule has 0 spiro atoms. The molecule has 0 saturated carbocycles. The van der Waals surface area contributed by atoms with Gasteiger partial charge >= 0.3 is 6.18 Å². The van der Waals surface area contributed by atoms with Gasteiger partial charge in [0.05, 0.1) is 10.5 Å². The van der Waals surface area contributed by atoms with Crippen molar-refractivity contribution in [1.29, 1.82) is 0 Å². The van der Waals surface area contributed by atoms with Gasteiger partial charge in [-0.15, -0.1) is 0 Å². The maximum Gasteiger partial charge on any atom is 0.416 e. The second-order valence-corrected chi connectivity index (χ2v) is 7.95. The van der Waals surface area contributed by atoms with E-state index in [1.807, 2.05) is 43.3 Å². The fourth-order valence-electron chi connectivity index (χ4n) is 2.43. The lowest BCUT2D eigenvalue weighted by atomic mass is 10.2. The summed E-state index contributed by atoms with van der Waals surface area (Å²) < 4.78 is 64.7. The third-order valence-electron chi connectivity index (χ3n) is 3.98. The number of benzene rings is 2. The quantitative estimate of drug-likeness (QED) is 0.754. The number of anilines is 1. The van der Waals surface area contributed by atoms with Crippen LogP contribution >= 0.6 is 0 Å². The Hall–Kier alpha value is -2.06. The first-order chi connectivity index (χ1) is 12.1. The molecule has 0 aliphatic carbocycles. The fraction of sp³-hybridized carbons (Fsp3) is 0.333. The van der Waals surface area contributed by atoms with Gasteiger partial charge in [0.1, 0.15) is 0 Å². The van der Waals surface area contributed by atoms with Crippen molar-refractivity contribution >= 4 is 15.7 Å². The minimum Gasteiger partial charge on any atom is -0.378 e. The van der Waals surface area contributed by atoms with Crippen LogP contribution in [0.1, 0.15) is 18.1 Å². The topological polar surface area (TPSA) is 40.6 Å². The second-order valence-electron chi connectivity index (χ2n) is 6.01. The Kier molecular flexibility index (Phi) is 5.98. The summed E-state index contributed by atoms with van der Waals surface area (Å²) in [6.07, 6.45) is -4.50. The van der Waals surface area contributed by atoms with Gasteiger partial charge in [-0.25, -0.2) is 8.42 Å². The Balaban J connectivity index is 2.24. The highest BCUT2D eigenvalue weighted by Crippen LogP contribution is 2.30. The van der Waals surface area contributed by atoms with Gasteiger partial charge in [0, 0.05) is 32.9 Å². The molecule has 4 nitrogen and oxygen atoms in total. The molecular weight excluding hydrogens is 365 g/mol. The molecule has 0 aromatic heterocycles. The minimum atomic E-state index is -4.50. The van der Waals surface area contributed by atoms with E-state index in [-0.39, 0.29) is 18.0 Å². The van der Waals surface area contributed by atoms with Crippen LogP contribution in [0.2, 0.25) is 0 Å². The zero-order chi connectivity index (χ0) is 19.5. The van der Waals surface area contributed by atoms with Crippen molar-refractivity contribution < 1.29 is 21.6 Å². The Labute approximate surface area is 151 Å². The van der Waals surface area contributed by atoms with Crippen LogP contribution in [0, 0.1) is 0 Å². The molecule has 0 N–H and O–H groups in total. The second kappa shape index (κ2) is 7.67. The summed E-state index contributed by atoms with van der Waals surface area (Å²) in [5, 5.41) is 0. The number of sulfonamides is 1. The lowest BCUT2D eigenvalue weighted by Gasteiger charge is -2.21. The zero-order valence-corrected chi connectivity index (χ0v) is 15.6. The summed E-state index contributed by atoms with van der Waals surface area (Å²) in [5.41, 5.74) is 0.911. The number of alkyl halides is 3. The zero-order valence-electron chi connectivity index (χ0n) is 14.8. The highest BCUT2D eigenvalue weighted by Gasteiger charge is 2.31. The van der Waals surface area contributed by atoms with Gasteiger partial charge in [0.2, 0.25) is 10.0 Å². The molecule has 0 aliphatic rings. The molecule has 142 valence electrons. The van der Waals surface area contributed by atoms with E-state index in [2.05, 4.69) is 0 Å². The minimum absolute atomic E-state index is 0.146. The number of nitrogens with zero attached hydrogens (tertiary/aromatic N) is 2. The molecule has 0 amide bonds. The number of hydrogen-bond donors (Lipinski definition) is 0. The van der Waals surface area contributed by atoms with Gasteiger partial charge in [-0.2, -0.15) is 17.5 Å². The lowest BCUT2D eigenvalue weighted by molar-refractivity contribution is -0.137. The number of hydrogen-bond acceptors (Lipinski definition) is 3. The normalized spacial score (nSPS) is 12.4. The molecule has 26 heavy (non-hydrogen) atoms. The van der Waals surface area contributed by atoms with Crippen molar-refractivity contribution in [3.63, 3.8) is 0 Å². The Morgan fingerprint density at radius 2 is 1.46 bits per heavy atom. The van der Waals surface area contributed by atoms with Gasteiger partial charge in [-0.1, -0.05) is 19.1 Å². The van der Waals surface area contributed by atoms with E-state index in [1.165, 1.54) is 4.31 Å². The average Bonchev–Trinajstić information content (AvgIpc) is 2.59. The first-order valence-electron chi connectivity index (χ1n) is 7.99. The Morgan fingerprint density at radius 1 is 0.923 bits per heavy atom. The molecule has 0 radical (unpaired) electrons. The van der Waals surface area contributed by atoms with Crippen molar-refractivity contribution in [2.75, 3.05) is 25.5 Å². The fourth-order valence-corrected chi connectivity index (χ4v) is 3.87. The van der Waals surface area contributed by atoms with Crippen molar-refractivity contribution in [2.24, 2.45) is 0 Å². The number of halogens is 3. The largest absolute Gasteiger partial charge is 0.416 e. The predicted molar refractivity (Wildman–Crippen MR) is 95.5 cm³/mol. The van der Waals surface area contributed by atoms with E-state index in [0.29, 0.717) is 0 Å². The van der Waals surface area contributed by atoms with E-state index < -0.39 is 21.8 Å². The van der Waals surface area contributed by atoms with Crippen LogP contribution in [-0.2, 0) is 22.7 Å². The van der Waals surface area contributed by atoms with E-state index in [9.17, 15) is 21.6 Å². The molecule has 0 atom stereocenters.